The van der Waals surface area contributed by atoms with E-state index in [0.717, 1.165) is 5.56 Å². The summed E-state index contributed by atoms with van der Waals surface area (Å²) in [6.07, 6.45) is 0.0299. The second kappa shape index (κ2) is 10.3. The van der Waals surface area contributed by atoms with Crippen molar-refractivity contribution in [3.05, 3.63) is 52.8 Å². The number of aryl methyl sites for hydroxylation is 1. The molecule has 176 valence electrons. The third kappa shape index (κ3) is 5.08. The number of likely N-dealkylation sites (tertiary alicyclic amines) is 1. The summed E-state index contributed by atoms with van der Waals surface area (Å²) in [4.78, 5) is 52.2. The van der Waals surface area contributed by atoms with E-state index in [1.54, 1.807) is 18.7 Å². The average molecular weight is 456 g/mol. The minimum absolute atomic E-state index is 0.0299. The van der Waals surface area contributed by atoms with Gasteiger partial charge in [0.15, 0.2) is 0 Å². The predicted molar refractivity (Wildman–Crippen MR) is 119 cm³/mol. The molecule has 0 spiro atoms. The van der Waals surface area contributed by atoms with Crippen molar-refractivity contribution in [1.29, 1.82) is 0 Å². The molecule has 1 fully saturated rings. The number of rotatable bonds is 8. The molecular formula is C24H28N2O7. The summed E-state index contributed by atoms with van der Waals surface area (Å²) in [5.74, 6) is -2.90. The van der Waals surface area contributed by atoms with Crippen LogP contribution in [0.3, 0.4) is 0 Å². The number of carbonyl (C=O) groups is 4. The van der Waals surface area contributed by atoms with E-state index in [0.29, 0.717) is 0 Å². The van der Waals surface area contributed by atoms with E-state index in [1.807, 2.05) is 37.3 Å². The van der Waals surface area contributed by atoms with Crippen LogP contribution in [0.25, 0.3) is 0 Å². The van der Waals surface area contributed by atoms with Gasteiger partial charge in [-0.05, 0) is 33.3 Å². The van der Waals surface area contributed by atoms with Gasteiger partial charge in [0.05, 0.1) is 25.2 Å². The van der Waals surface area contributed by atoms with Crippen LogP contribution in [0.5, 0.6) is 0 Å². The van der Waals surface area contributed by atoms with Crippen molar-refractivity contribution in [3.8, 4) is 0 Å². The van der Waals surface area contributed by atoms with Crippen LogP contribution in [0.4, 0.5) is 5.88 Å². The van der Waals surface area contributed by atoms with E-state index in [-0.39, 0.29) is 60.9 Å². The maximum atomic E-state index is 13.0. The summed E-state index contributed by atoms with van der Waals surface area (Å²) in [6, 6.07) is 9.36. The van der Waals surface area contributed by atoms with Crippen LogP contribution in [0.1, 0.15) is 65.3 Å². The molecule has 1 aliphatic rings. The molecule has 3 rings (SSSR count). The van der Waals surface area contributed by atoms with Crippen molar-refractivity contribution < 1.29 is 33.1 Å². The van der Waals surface area contributed by atoms with Crippen molar-refractivity contribution in [2.24, 2.45) is 5.92 Å². The van der Waals surface area contributed by atoms with E-state index >= 15 is 0 Å². The maximum Gasteiger partial charge on any atom is 0.344 e. The summed E-state index contributed by atoms with van der Waals surface area (Å²) in [6.45, 7) is 7.06. The van der Waals surface area contributed by atoms with Gasteiger partial charge in [0, 0.05) is 13.0 Å². The van der Waals surface area contributed by atoms with Crippen LogP contribution in [0.15, 0.2) is 34.7 Å². The highest BCUT2D eigenvalue weighted by Crippen LogP contribution is 2.32. The van der Waals surface area contributed by atoms with Crippen LogP contribution >= 0.6 is 0 Å². The first-order chi connectivity index (χ1) is 15.8. The molecule has 2 amide bonds. The molecular weight excluding hydrogens is 428 g/mol. The lowest BCUT2D eigenvalue weighted by molar-refractivity contribution is -0.129. The number of anilines is 1. The minimum Gasteiger partial charge on any atom is -0.462 e. The topological polar surface area (TPSA) is 115 Å². The number of ether oxygens (including phenoxy) is 2. The summed E-state index contributed by atoms with van der Waals surface area (Å²) in [7, 11) is 0. The molecule has 2 atom stereocenters. The molecule has 9 nitrogen and oxygen atoms in total. The molecule has 2 aromatic rings. The van der Waals surface area contributed by atoms with Crippen LogP contribution in [0.2, 0.25) is 0 Å². The van der Waals surface area contributed by atoms with Gasteiger partial charge >= 0.3 is 11.9 Å². The van der Waals surface area contributed by atoms with Gasteiger partial charge < -0.3 is 18.8 Å². The summed E-state index contributed by atoms with van der Waals surface area (Å²) in [5.41, 5.74) is 0.685. The maximum absolute atomic E-state index is 13.0. The molecule has 1 aliphatic heterocycles. The number of esters is 2. The molecule has 9 heteroatoms. The first kappa shape index (κ1) is 24.0. The number of nitrogens with one attached hydrogen (secondary N) is 1. The molecule has 1 aromatic heterocycles. The number of hydrogen-bond donors (Lipinski definition) is 1. The van der Waals surface area contributed by atoms with Crippen molar-refractivity contribution in [2.75, 3.05) is 25.1 Å². The van der Waals surface area contributed by atoms with Crippen LogP contribution in [-0.4, -0.2) is 48.4 Å². The normalized spacial score (nSPS) is 16.4. The van der Waals surface area contributed by atoms with Gasteiger partial charge in [0.1, 0.15) is 16.9 Å². The fourth-order valence-corrected chi connectivity index (χ4v) is 3.89. The lowest BCUT2D eigenvalue weighted by Gasteiger charge is -2.25. The van der Waals surface area contributed by atoms with Crippen molar-refractivity contribution in [1.82, 2.24) is 4.90 Å². The molecule has 1 aromatic carbocycles. The first-order valence-electron chi connectivity index (χ1n) is 10.9. The molecule has 0 saturated carbocycles. The third-order valence-corrected chi connectivity index (χ3v) is 5.56. The van der Waals surface area contributed by atoms with E-state index in [9.17, 15) is 19.2 Å². The van der Waals surface area contributed by atoms with Crippen molar-refractivity contribution >= 4 is 29.6 Å². The fourth-order valence-electron chi connectivity index (χ4n) is 3.89. The Kier molecular flexibility index (Phi) is 7.52. The molecule has 0 aliphatic carbocycles. The Hall–Kier alpha value is -3.62. The fraction of sp³-hybridized carbons (Fsp3) is 0.417. The number of carbonyl (C=O) groups excluding carboxylic acids is 4. The molecule has 1 N–H and O–H groups in total. The summed E-state index contributed by atoms with van der Waals surface area (Å²) in [5, 5.41) is 2.58. The number of nitrogens with zero attached hydrogens (tertiary/aromatic N) is 1. The lowest BCUT2D eigenvalue weighted by atomic mass is 10.1. The van der Waals surface area contributed by atoms with Gasteiger partial charge in [-0.2, -0.15) is 0 Å². The highest BCUT2D eigenvalue weighted by molar-refractivity contribution is 6.09. The summed E-state index contributed by atoms with van der Waals surface area (Å²) >= 11 is 0. The Morgan fingerprint density at radius 1 is 1.09 bits per heavy atom. The largest absolute Gasteiger partial charge is 0.462 e. The number of furan rings is 1. The van der Waals surface area contributed by atoms with Gasteiger partial charge in [-0.15, -0.1) is 0 Å². The van der Waals surface area contributed by atoms with Gasteiger partial charge in [-0.25, -0.2) is 9.59 Å². The third-order valence-electron chi connectivity index (χ3n) is 5.56. The van der Waals surface area contributed by atoms with Crippen molar-refractivity contribution in [3.63, 3.8) is 0 Å². The molecule has 0 radical (unpaired) electrons. The van der Waals surface area contributed by atoms with Gasteiger partial charge in [0.2, 0.25) is 17.7 Å². The second-order valence-corrected chi connectivity index (χ2v) is 7.70. The number of hydrogen-bond acceptors (Lipinski definition) is 7. The van der Waals surface area contributed by atoms with Gasteiger partial charge in [0.25, 0.3) is 0 Å². The zero-order valence-electron chi connectivity index (χ0n) is 19.2. The minimum atomic E-state index is -0.811. The molecule has 0 bridgehead atoms. The van der Waals surface area contributed by atoms with Crippen molar-refractivity contribution in [2.45, 2.75) is 40.2 Å². The number of benzene rings is 1. The predicted octanol–water partition coefficient (Wildman–Crippen LogP) is 3.49. The van der Waals surface area contributed by atoms with Gasteiger partial charge in [-0.1, -0.05) is 30.3 Å². The van der Waals surface area contributed by atoms with Crippen LogP contribution in [-0.2, 0) is 19.1 Å². The molecule has 33 heavy (non-hydrogen) atoms. The molecule has 2 unspecified atom stereocenters. The zero-order chi connectivity index (χ0) is 24.1. The first-order valence-corrected chi connectivity index (χ1v) is 10.9. The Bertz CT molecular complexity index is 1040. The Balaban J connectivity index is 1.81. The SMILES string of the molecule is CCOC(=O)c1c(C)oc(NC(=O)C2CC(=O)N(C(C)c3ccccc3)C2)c1C(=O)OCC. The number of amides is 2. The Labute approximate surface area is 192 Å². The average Bonchev–Trinajstić information content (AvgIpc) is 3.33. The monoisotopic (exact) mass is 456 g/mol. The van der Waals surface area contributed by atoms with Gasteiger partial charge in [-0.3, -0.25) is 14.9 Å². The molecule has 1 saturated heterocycles. The van der Waals surface area contributed by atoms with Crippen LogP contribution in [0, 0.1) is 12.8 Å². The zero-order valence-corrected chi connectivity index (χ0v) is 19.2. The quantitative estimate of drug-likeness (QED) is 0.605. The van der Waals surface area contributed by atoms with E-state index in [1.165, 1.54) is 6.92 Å². The summed E-state index contributed by atoms with van der Waals surface area (Å²) < 4.78 is 15.6. The van der Waals surface area contributed by atoms with Crippen LogP contribution < -0.4 is 5.32 Å². The lowest BCUT2D eigenvalue weighted by Crippen LogP contribution is -2.30. The Morgan fingerprint density at radius 3 is 2.30 bits per heavy atom. The molecule has 2 heterocycles. The highest BCUT2D eigenvalue weighted by Gasteiger charge is 2.39. The van der Waals surface area contributed by atoms with E-state index in [4.69, 9.17) is 13.9 Å². The van der Waals surface area contributed by atoms with E-state index < -0.39 is 23.8 Å². The smallest absolute Gasteiger partial charge is 0.344 e. The second-order valence-electron chi connectivity index (χ2n) is 7.70. The van der Waals surface area contributed by atoms with E-state index in [2.05, 4.69) is 5.32 Å². The Morgan fingerprint density at radius 2 is 1.70 bits per heavy atom. The standard InChI is InChI=1S/C24H28N2O7/c1-5-31-23(29)19-15(4)33-22(20(19)24(30)32-6-2)25-21(28)17-12-18(27)26(13-17)14(3)16-10-8-7-9-11-16/h7-11,14,17H,5-6,12-13H2,1-4H3,(H,25,28). The highest BCUT2D eigenvalue weighted by atomic mass is 16.5.